The second-order valence-electron chi connectivity index (χ2n) is 6.04. The highest BCUT2D eigenvalue weighted by Gasteiger charge is 2.16. The van der Waals surface area contributed by atoms with Crippen LogP contribution in [0.1, 0.15) is 33.6 Å². The van der Waals surface area contributed by atoms with Crippen molar-refractivity contribution in [1.82, 2.24) is 19.9 Å². The number of carbonyl (C=O) groups excluding carboxylic acids is 1. The van der Waals surface area contributed by atoms with Crippen LogP contribution in [0.25, 0.3) is 0 Å². The molecule has 0 aliphatic carbocycles. The third kappa shape index (κ3) is 4.76. The van der Waals surface area contributed by atoms with Crippen molar-refractivity contribution in [3.8, 4) is 0 Å². The molecule has 1 amide bonds. The van der Waals surface area contributed by atoms with Crippen molar-refractivity contribution >= 4 is 17.2 Å². The van der Waals surface area contributed by atoms with E-state index in [1.54, 1.807) is 23.9 Å². The van der Waals surface area contributed by atoms with Gasteiger partial charge in [0.05, 0.1) is 29.5 Å². The van der Waals surface area contributed by atoms with Gasteiger partial charge >= 0.3 is 0 Å². The van der Waals surface area contributed by atoms with Gasteiger partial charge in [0, 0.05) is 23.8 Å². The first-order valence-corrected chi connectivity index (χ1v) is 9.16. The highest BCUT2D eigenvalue weighted by Crippen LogP contribution is 2.20. The summed E-state index contributed by atoms with van der Waals surface area (Å²) < 4.78 is 2.03. The van der Waals surface area contributed by atoms with Gasteiger partial charge in [0.1, 0.15) is 0 Å². The lowest BCUT2D eigenvalue weighted by Crippen LogP contribution is -2.30. The molecule has 3 aromatic rings. The molecule has 1 unspecified atom stereocenters. The monoisotopic (exact) mass is 354 g/mol. The molecule has 1 atom stereocenters. The molecule has 0 bridgehead atoms. The first-order chi connectivity index (χ1) is 12.1. The largest absolute Gasteiger partial charge is 0.349 e. The smallest absolute Gasteiger partial charge is 0.225 e. The summed E-state index contributed by atoms with van der Waals surface area (Å²) in [6.07, 6.45) is 6.70. The van der Waals surface area contributed by atoms with Crippen LogP contribution in [0.4, 0.5) is 0 Å². The van der Waals surface area contributed by atoms with Crippen molar-refractivity contribution < 1.29 is 4.79 Å². The molecule has 0 aliphatic rings. The number of hydrogen-bond donors (Lipinski definition) is 1. The Bertz CT molecular complexity index is 811. The second kappa shape index (κ2) is 8.07. The Kier molecular flexibility index (Phi) is 5.60. The van der Waals surface area contributed by atoms with Crippen molar-refractivity contribution in [2.45, 2.75) is 39.3 Å². The van der Waals surface area contributed by atoms with Gasteiger partial charge in [-0.15, -0.1) is 11.3 Å². The first-order valence-electron chi connectivity index (χ1n) is 8.35. The van der Waals surface area contributed by atoms with Gasteiger partial charge < -0.3 is 9.88 Å². The fourth-order valence-corrected chi connectivity index (χ4v) is 3.77. The number of imidazole rings is 1. The molecule has 130 valence electrons. The molecule has 3 rings (SSSR count). The molecule has 1 aromatic carbocycles. The molecule has 6 heteroatoms. The molecule has 25 heavy (non-hydrogen) atoms. The van der Waals surface area contributed by atoms with Gasteiger partial charge in [-0.1, -0.05) is 30.3 Å². The average molecular weight is 354 g/mol. The summed E-state index contributed by atoms with van der Waals surface area (Å²) in [5.41, 5.74) is 2.07. The molecule has 0 fully saturated rings. The lowest BCUT2D eigenvalue weighted by Gasteiger charge is -2.19. The second-order valence-corrected chi connectivity index (χ2v) is 7.33. The topological polar surface area (TPSA) is 59.8 Å². The van der Waals surface area contributed by atoms with Crippen molar-refractivity contribution in [3.63, 3.8) is 0 Å². The highest BCUT2D eigenvalue weighted by atomic mass is 32.1. The van der Waals surface area contributed by atoms with Crippen LogP contribution in [0, 0.1) is 13.8 Å². The SMILES string of the molecule is Cc1nc(C)c(CC(=O)NC(CCn2ccnc2)c2ccccc2)s1. The summed E-state index contributed by atoms with van der Waals surface area (Å²) in [6, 6.07) is 10.1. The molecule has 0 saturated heterocycles. The molecule has 5 nitrogen and oxygen atoms in total. The van der Waals surface area contributed by atoms with E-state index in [1.807, 2.05) is 42.8 Å². The van der Waals surface area contributed by atoms with Gasteiger partial charge in [0.2, 0.25) is 5.91 Å². The summed E-state index contributed by atoms with van der Waals surface area (Å²) in [7, 11) is 0. The lowest BCUT2D eigenvalue weighted by molar-refractivity contribution is -0.121. The van der Waals surface area contributed by atoms with Crippen molar-refractivity contribution in [3.05, 3.63) is 70.2 Å². The van der Waals surface area contributed by atoms with E-state index in [-0.39, 0.29) is 11.9 Å². The maximum atomic E-state index is 12.6. The lowest BCUT2D eigenvalue weighted by atomic mass is 10.0. The van der Waals surface area contributed by atoms with E-state index in [0.29, 0.717) is 6.42 Å². The summed E-state index contributed by atoms with van der Waals surface area (Å²) in [5, 5.41) is 4.19. The van der Waals surface area contributed by atoms with E-state index < -0.39 is 0 Å². The van der Waals surface area contributed by atoms with E-state index in [4.69, 9.17) is 0 Å². The summed E-state index contributed by atoms with van der Waals surface area (Å²) in [5.74, 6) is 0.0336. The molecule has 0 saturated carbocycles. The maximum Gasteiger partial charge on any atom is 0.225 e. The average Bonchev–Trinajstić information content (AvgIpc) is 3.22. The number of amides is 1. The first kappa shape index (κ1) is 17.4. The van der Waals surface area contributed by atoms with Crippen LogP contribution in [-0.4, -0.2) is 20.4 Å². The van der Waals surface area contributed by atoms with Crippen molar-refractivity contribution in [2.24, 2.45) is 0 Å². The minimum absolute atomic E-state index is 0.0228. The van der Waals surface area contributed by atoms with Crippen LogP contribution in [0.3, 0.4) is 0 Å². The molecule has 1 N–H and O–H groups in total. The molecule has 0 spiro atoms. The summed E-state index contributed by atoms with van der Waals surface area (Å²) >= 11 is 1.59. The van der Waals surface area contributed by atoms with Gasteiger partial charge in [0.25, 0.3) is 0 Å². The zero-order valence-corrected chi connectivity index (χ0v) is 15.3. The Morgan fingerprint density at radius 1 is 1.28 bits per heavy atom. The third-order valence-electron chi connectivity index (χ3n) is 4.09. The van der Waals surface area contributed by atoms with Crippen molar-refractivity contribution in [2.75, 3.05) is 0 Å². The quantitative estimate of drug-likeness (QED) is 0.707. The van der Waals surface area contributed by atoms with E-state index in [2.05, 4.69) is 27.4 Å². The number of benzene rings is 1. The summed E-state index contributed by atoms with van der Waals surface area (Å²) in [6.45, 7) is 4.73. The Balaban J connectivity index is 1.68. The van der Waals surface area contributed by atoms with Crippen LogP contribution in [-0.2, 0) is 17.8 Å². The third-order valence-corrected chi connectivity index (χ3v) is 5.17. The normalized spacial score (nSPS) is 12.1. The van der Waals surface area contributed by atoms with Gasteiger partial charge in [-0.2, -0.15) is 0 Å². The molecule has 2 heterocycles. The Morgan fingerprint density at radius 2 is 2.08 bits per heavy atom. The number of rotatable bonds is 7. The fourth-order valence-electron chi connectivity index (χ4n) is 2.83. The Morgan fingerprint density at radius 3 is 2.72 bits per heavy atom. The van der Waals surface area contributed by atoms with E-state index >= 15 is 0 Å². The Hall–Kier alpha value is -2.47. The number of nitrogens with zero attached hydrogens (tertiary/aromatic N) is 3. The van der Waals surface area contributed by atoms with Gasteiger partial charge in [0.15, 0.2) is 0 Å². The molecule has 0 aliphatic heterocycles. The van der Waals surface area contributed by atoms with Crippen molar-refractivity contribution in [1.29, 1.82) is 0 Å². The minimum Gasteiger partial charge on any atom is -0.349 e. The van der Waals surface area contributed by atoms with Gasteiger partial charge in [-0.05, 0) is 25.8 Å². The standard InChI is InChI=1S/C19H22N4OS/c1-14-18(25-15(2)21-14)12-19(24)22-17(16-6-4-3-5-7-16)8-10-23-11-9-20-13-23/h3-7,9,11,13,17H,8,10,12H2,1-2H3,(H,22,24). The number of aromatic nitrogens is 3. The van der Waals surface area contributed by atoms with Gasteiger partial charge in [-0.3, -0.25) is 4.79 Å². The molecular weight excluding hydrogens is 332 g/mol. The number of nitrogens with one attached hydrogen (secondary N) is 1. The van der Waals surface area contributed by atoms with Crippen LogP contribution >= 0.6 is 11.3 Å². The maximum absolute atomic E-state index is 12.6. The molecular formula is C19H22N4OS. The van der Waals surface area contributed by atoms with E-state index in [9.17, 15) is 4.79 Å². The fraction of sp³-hybridized carbons (Fsp3) is 0.316. The van der Waals surface area contributed by atoms with Crippen LogP contribution in [0.15, 0.2) is 49.1 Å². The molecule has 2 aromatic heterocycles. The predicted octanol–water partition coefficient (Wildman–Crippen LogP) is 3.45. The van der Waals surface area contributed by atoms with E-state index in [0.717, 1.165) is 34.1 Å². The van der Waals surface area contributed by atoms with Crippen LogP contribution in [0.2, 0.25) is 0 Å². The minimum atomic E-state index is -0.0228. The van der Waals surface area contributed by atoms with Gasteiger partial charge in [-0.25, -0.2) is 9.97 Å². The van der Waals surface area contributed by atoms with Crippen LogP contribution in [0.5, 0.6) is 0 Å². The highest BCUT2D eigenvalue weighted by molar-refractivity contribution is 7.11. The summed E-state index contributed by atoms with van der Waals surface area (Å²) in [4.78, 5) is 22.1. The Labute approximate surface area is 151 Å². The predicted molar refractivity (Wildman–Crippen MR) is 99.5 cm³/mol. The van der Waals surface area contributed by atoms with E-state index in [1.165, 1.54) is 0 Å². The number of aryl methyl sites for hydroxylation is 3. The van der Waals surface area contributed by atoms with Crippen LogP contribution < -0.4 is 5.32 Å². The molecule has 0 radical (unpaired) electrons. The zero-order chi connectivity index (χ0) is 17.6. The number of hydrogen-bond acceptors (Lipinski definition) is 4. The zero-order valence-electron chi connectivity index (χ0n) is 14.5. The number of carbonyl (C=O) groups is 1. The number of thiazole rings is 1.